The van der Waals surface area contributed by atoms with Crippen LogP contribution in [0.1, 0.15) is 5.56 Å². The van der Waals surface area contributed by atoms with Crippen molar-refractivity contribution in [1.82, 2.24) is 9.97 Å². The molecule has 0 unspecified atom stereocenters. The van der Waals surface area contributed by atoms with Crippen LogP contribution in [0.25, 0.3) is 22.4 Å². The van der Waals surface area contributed by atoms with Crippen LogP contribution in [0, 0.1) is 0 Å². The quantitative estimate of drug-likeness (QED) is 0.442. The molecule has 118 valence electrons. The standard InChI is InChI=1S/C19H14N2O2S/c22-18-17-15(11-16(23-17)14-9-5-2-6-10-14)20-19(21-18)24-12-13-7-3-1-4-8-13/h1-11H,12H2,(H,20,21,22). The number of benzene rings is 2. The molecule has 4 nitrogen and oxygen atoms in total. The smallest absolute Gasteiger partial charge is 0.295 e. The Balaban J connectivity index is 1.66. The van der Waals surface area contributed by atoms with Crippen LogP contribution < -0.4 is 5.56 Å². The third-order valence-corrected chi connectivity index (χ3v) is 4.58. The minimum atomic E-state index is -0.252. The Morgan fingerprint density at radius 3 is 2.46 bits per heavy atom. The van der Waals surface area contributed by atoms with E-state index in [1.54, 1.807) is 0 Å². The number of furan rings is 1. The van der Waals surface area contributed by atoms with E-state index in [0.717, 1.165) is 11.3 Å². The molecule has 2 aromatic carbocycles. The molecule has 4 rings (SSSR count). The molecule has 0 aliphatic heterocycles. The molecule has 2 heterocycles. The van der Waals surface area contributed by atoms with E-state index in [1.165, 1.54) is 17.3 Å². The summed E-state index contributed by atoms with van der Waals surface area (Å²) in [6, 6.07) is 21.6. The number of rotatable bonds is 4. The number of aromatic nitrogens is 2. The summed E-state index contributed by atoms with van der Waals surface area (Å²) in [4.78, 5) is 19.6. The second kappa shape index (κ2) is 6.37. The van der Waals surface area contributed by atoms with Gasteiger partial charge in [-0.15, -0.1) is 0 Å². The summed E-state index contributed by atoms with van der Waals surface area (Å²) >= 11 is 1.50. The van der Waals surface area contributed by atoms with E-state index < -0.39 is 0 Å². The van der Waals surface area contributed by atoms with E-state index in [1.807, 2.05) is 54.6 Å². The Hall–Kier alpha value is -2.79. The average molecular weight is 334 g/mol. The van der Waals surface area contributed by atoms with E-state index in [0.29, 0.717) is 16.4 Å². The number of H-pyrrole nitrogens is 1. The molecule has 0 radical (unpaired) electrons. The molecule has 0 amide bonds. The van der Waals surface area contributed by atoms with Gasteiger partial charge in [0.1, 0.15) is 11.3 Å². The predicted octanol–water partition coefficient (Wildman–Crippen LogP) is 4.48. The van der Waals surface area contributed by atoms with Crippen LogP contribution in [-0.2, 0) is 5.75 Å². The molecular weight excluding hydrogens is 320 g/mol. The molecule has 5 heteroatoms. The maximum absolute atomic E-state index is 12.3. The first kappa shape index (κ1) is 14.8. The lowest BCUT2D eigenvalue weighted by molar-refractivity contribution is 0.623. The van der Waals surface area contributed by atoms with Gasteiger partial charge in [0.15, 0.2) is 5.16 Å². The van der Waals surface area contributed by atoms with Gasteiger partial charge in [-0.25, -0.2) is 4.98 Å². The largest absolute Gasteiger partial charge is 0.449 e. The number of aromatic amines is 1. The van der Waals surface area contributed by atoms with E-state index in [-0.39, 0.29) is 11.1 Å². The zero-order valence-electron chi connectivity index (χ0n) is 12.7. The van der Waals surface area contributed by atoms with Crippen LogP contribution in [0.5, 0.6) is 0 Å². The highest BCUT2D eigenvalue weighted by Gasteiger charge is 2.12. The van der Waals surface area contributed by atoms with Gasteiger partial charge in [-0.3, -0.25) is 9.78 Å². The zero-order valence-corrected chi connectivity index (χ0v) is 13.5. The zero-order chi connectivity index (χ0) is 16.4. The number of thioether (sulfide) groups is 1. The van der Waals surface area contributed by atoms with Crippen LogP contribution in [-0.4, -0.2) is 9.97 Å². The summed E-state index contributed by atoms with van der Waals surface area (Å²) < 4.78 is 5.69. The van der Waals surface area contributed by atoms with Gasteiger partial charge in [-0.1, -0.05) is 72.4 Å². The van der Waals surface area contributed by atoms with Gasteiger partial charge in [-0.05, 0) is 5.56 Å². The van der Waals surface area contributed by atoms with Crippen molar-refractivity contribution < 1.29 is 4.42 Å². The Kier molecular flexibility index (Phi) is 3.92. The van der Waals surface area contributed by atoms with Gasteiger partial charge in [0, 0.05) is 17.4 Å². The fraction of sp³-hybridized carbons (Fsp3) is 0.0526. The molecule has 1 N–H and O–H groups in total. The monoisotopic (exact) mass is 334 g/mol. The molecule has 2 aromatic heterocycles. The second-order valence-corrected chi connectivity index (χ2v) is 6.30. The van der Waals surface area contributed by atoms with E-state index in [4.69, 9.17) is 4.42 Å². The summed E-state index contributed by atoms with van der Waals surface area (Å²) in [6.45, 7) is 0. The maximum Gasteiger partial charge on any atom is 0.295 e. The average Bonchev–Trinajstić information content (AvgIpc) is 3.06. The second-order valence-electron chi connectivity index (χ2n) is 5.34. The van der Waals surface area contributed by atoms with Gasteiger partial charge in [0.2, 0.25) is 5.58 Å². The SMILES string of the molecule is O=c1[nH]c(SCc2ccccc2)nc2cc(-c3ccccc3)oc12. The lowest BCUT2D eigenvalue weighted by Gasteiger charge is -2.00. The molecule has 24 heavy (non-hydrogen) atoms. The highest BCUT2D eigenvalue weighted by molar-refractivity contribution is 7.98. The van der Waals surface area contributed by atoms with Crippen LogP contribution in [0.4, 0.5) is 0 Å². The number of hydrogen-bond donors (Lipinski definition) is 1. The van der Waals surface area contributed by atoms with Crippen molar-refractivity contribution in [2.45, 2.75) is 10.9 Å². The fourth-order valence-corrected chi connectivity index (χ4v) is 3.28. The summed E-state index contributed by atoms with van der Waals surface area (Å²) in [5, 5.41) is 0.594. The number of nitrogens with zero attached hydrogens (tertiary/aromatic N) is 1. The molecule has 0 saturated carbocycles. The highest BCUT2D eigenvalue weighted by Crippen LogP contribution is 2.26. The third kappa shape index (κ3) is 2.98. The van der Waals surface area contributed by atoms with Gasteiger partial charge in [0.05, 0.1) is 0 Å². The van der Waals surface area contributed by atoms with Crippen molar-refractivity contribution in [3.8, 4) is 11.3 Å². The van der Waals surface area contributed by atoms with E-state index >= 15 is 0 Å². The first-order valence-corrected chi connectivity index (χ1v) is 8.54. The summed E-state index contributed by atoms with van der Waals surface area (Å²) in [5.74, 6) is 1.40. The van der Waals surface area contributed by atoms with Gasteiger partial charge < -0.3 is 4.42 Å². The molecule has 0 aliphatic carbocycles. The highest BCUT2D eigenvalue weighted by atomic mass is 32.2. The maximum atomic E-state index is 12.3. The topological polar surface area (TPSA) is 58.9 Å². The lowest BCUT2D eigenvalue weighted by atomic mass is 10.2. The number of hydrogen-bond acceptors (Lipinski definition) is 4. The van der Waals surface area contributed by atoms with Gasteiger partial charge in [-0.2, -0.15) is 0 Å². The molecular formula is C19H14N2O2S. The van der Waals surface area contributed by atoms with Crippen molar-refractivity contribution in [2.75, 3.05) is 0 Å². The Morgan fingerprint density at radius 1 is 1.00 bits per heavy atom. The predicted molar refractivity (Wildman–Crippen MR) is 96.1 cm³/mol. The molecule has 4 aromatic rings. The Labute approximate surface area is 142 Å². The van der Waals surface area contributed by atoms with Crippen LogP contribution in [0.3, 0.4) is 0 Å². The molecule has 0 spiro atoms. The van der Waals surface area contributed by atoms with Gasteiger partial charge in [0.25, 0.3) is 5.56 Å². The van der Waals surface area contributed by atoms with Crippen LogP contribution in [0.2, 0.25) is 0 Å². The van der Waals surface area contributed by atoms with Crippen LogP contribution >= 0.6 is 11.8 Å². The first-order chi connectivity index (χ1) is 11.8. The van der Waals surface area contributed by atoms with Crippen molar-refractivity contribution in [2.24, 2.45) is 0 Å². The van der Waals surface area contributed by atoms with Crippen molar-refractivity contribution >= 4 is 22.9 Å². The minimum Gasteiger partial charge on any atom is -0.449 e. The Morgan fingerprint density at radius 2 is 1.71 bits per heavy atom. The molecule has 0 fully saturated rings. The van der Waals surface area contributed by atoms with Crippen molar-refractivity contribution in [1.29, 1.82) is 0 Å². The van der Waals surface area contributed by atoms with E-state index in [2.05, 4.69) is 22.1 Å². The summed E-state index contributed by atoms with van der Waals surface area (Å²) in [7, 11) is 0. The number of fused-ring (bicyclic) bond motifs is 1. The first-order valence-electron chi connectivity index (χ1n) is 7.55. The van der Waals surface area contributed by atoms with Crippen LogP contribution in [0.15, 0.2) is 81.1 Å². The molecule has 0 aliphatic rings. The van der Waals surface area contributed by atoms with Gasteiger partial charge >= 0.3 is 0 Å². The minimum absolute atomic E-state index is 0.252. The van der Waals surface area contributed by atoms with Crippen molar-refractivity contribution in [3.63, 3.8) is 0 Å². The molecule has 0 atom stereocenters. The normalized spacial score (nSPS) is 11.0. The number of nitrogens with one attached hydrogen (secondary N) is 1. The molecule has 0 bridgehead atoms. The van der Waals surface area contributed by atoms with Crippen molar-refractivity contribution in [3.05, 3.63) is 82.6 Å². The molecule has 0 saturated heterocycles. The summed E-state index contributed by atoms with van der Waals surface area (Å²) in [5.41, 5.74) is 2.69. The van der Waals surface area contributed by atoms with E-state index in [9.17, 15) is 4.79 Å². The third-order valence-electron chi connectivity index (χ3n) is 3.64. The lowest BCUT2D eigenvalue weighted by Crippen LogP contribution is -2.07. The fourth-order valence-electron chi connectivity index (χ4n) is 2.46. The Bertz CT molecular complexity index is 1020. The summed E-state index contributed by atoms with van der Waals surface area (Å²) in [6.07, 6.45) is 0.